The molecule has 0 aromatic carbocycles. The van der Waals surface area contributed by atoms with Crippen LogP contribution in [0.4, 0.5) is 0 Å². The van der Waals surface area contributed by atoms with Gasteiger partial charge in [0.1, 0.15) is 0 Å². The first-order valence-electron chi connectivity index (χ1n) is 2.02. The van der Waals surface area contributed by atoms with E-state index in [1.807, 2.05) is 0 Å². The number of nitrogens with zero attached hydrogens (tertiary/aromatic N) is 1. The molecule has 0 atom stereocenters. The maximum Gasteiger partial charge on any atom is 0.252 e. The molecule has 0 aliphatic rings. The average molecular weight is 101 g/mol. The van der Waals surface area contributed by atoms with E-state index in [1.54, 1.807) is 19.0 Å². The zero-order chi connectivity index (χ0) is 5.86. The van der Waals surface area contributed by atoms with Crippen LogP contribution in [-0.4, -0.2) is 31.4 Å². The Labute approximate surface area is 43.1 Å². The number of carbonyl (C=O) groups excluding carboxylic acids is 1. The van der Waals surface area contributed by atoms with Crippen molar-refractivity contribution in [1.29, 1.82) is 0 Å². The molecule has 0 fully saturated rings. The van der Waals surface area contributed by atoms with Crippen LogP contribution < -0.4 is 5.73 Å². The van der Waals surface area contributed by atoms with E-state index in [0.717, 1.165) is 0 Å². The summed E-state index contributed by atoms with van der Waals surface area (Å²) < 4.78 is 0. The summed E-state index contributed by atoms with van der Waals surface area (Å²) in [6.45, 7) is 0.222. The van der Waals surface area contributed by atoms with Gasteiger partial charge in [0.2, 0.25) is 0 Å². The zero-order valence-corrected chi connectivity index (χ0v) is 4.56. The van der Waals surface area contributed by atoms with Crippen molar-refractivity contribution < 1.29 is 4.79 Å². The van der Waals surface area contributed by atoms with E-state index in [9.17, 15) is 4.79 Å². The summed E-state index contributed by atoms with van der Waals surface area (Å²) in [7, 11) is 3.51. The minimum absolute atomic E-state index is 0.222. The summed E-state index contributed by atoms with van der Waals surface area (Å²) in [6, 6.07) is 0. The molecule has 0 aromatic heterocycles. The lowest BCUT2D eigenvalue weighted by Gasteiger charge is -2.02. The molecule has 0 rings (SSSR count). The molecule has 0 aliphatic carbocycles. The van der Waals surface area contributed by atoms with E-state index < -0.39 is 5.91 Å². The average Bonchev–Trinajstić information content (AvgIpc) is 1.27. The van der Waals surface area contributed by atoms with Gasteiger partial charge in [0, 0.05) is 0 Å². The highest BCUT2D eigenvalue weighted by Gasteiger charge is 1.93. The number of hydrogen-bond acceptors (Lipinski definition) is 2. The minimum atomic E-state index is -0.537. The van der Waals surface area contributed by atoms with Crippen molar-refractivity contribution in [3.05, 3.63) is 0 Å². The predicted octanol–water partition coefficient (Wildman–Crippen LogP) is -0.643. The summed E-state index contributed by atoms with van der Waals surface area (Å²) in [6.07, 6.45) is 0. The Bertz CT molecular complexity index is 70.1. The molecule has 1 radical (unpaired) electrons. The Balaban J connectivity index is 3.13. The lowest BCUT2D eigenvalue weighted by molar-refractivity contribution is -0.119. The smallest absolute Gasteiger partial charge is 0.252 e. The molecule has 3 nitrogen and oxygen atoms in total. The second-order valence-electron chi connectivity index (χ2n) is 1.66. The molecule has 0 saturated heterocycles. The maximum absolute atomic E-state index is 9.88. The van der Waals surface area contributed by atoms with Gasteiger partial charge >= 0.3 is 0 Å². The van der Waals surface area contributed by atoms with E-state index in [1.165, 1.54) is 0 Å². The molecule has 1 amide bonds. The van der Waals surface area contributed by atoms with Crippen molar-refractivity contribution in [3.8, 4) is 0 Å². The van der Waals surface area contributed by atoms with Crippen molar-refractivity contribution in [3.63, 3.8) is 0 Å². The zero-order valence-electron chi connectivity index (χ0n) is 4.56. The van der Waals surface area contributed by atoms with Gasteiger partial charge < -0.3 is 4.90 Å². The Kier molecular flexibility index (Phi) is 2.37. The molecule has 7 heavy (non-hydrogen) atoms. The van der Waals surface area contributed by atoms with Crippen LogP contribution in [0.5, 0.6) is 0 Å². The van der Waals surface area contributed by atoms with Crippen LogP contribution in [0.1, 0.15) is 0 Å². The van der Waals surface area contributed by atoms with Crippen molar-refractivity contribution in [2.45, 2.75) is 0 Å². The normalized spacial score (nSPS) is 9.57. The highest BCUT2D eigenvalue weighted by atomic mass is 16.1. The molecular weight excluding hydrogens is 92.1 g/mol. The summed E-state index contributed by atoms with van der Waals surface area (Å²) in [5, 5.41) is 0. The third-order valence-corrected chi connectivity index (χ3v) is 0.460. The molecule has 0 bridgehead atoms. The second-order valence-corrected chi connectivity index (χ2v) is 1.66. The fourth-order valence-electron chi connectivity index (χ4n) is 0.287. The molecule has 0 heterocycles. The van der Waals surface area contributed by atoms with Crippen LogP contribution in [0.15, 0.2) is 0 Å². The van der Waals surface area contributed by atoms with Gasteiger partial charge in [0.15, 0.2) is 0 Å². The Morgan fingerprint density at radius 2 is 2.14 bits per heavy atom. The largest absolute Gasteiger partial charge is 0.301 e. The van der Waals surface area contributed by atoms with Crippen LogP contribution in [0, 0.1) is 0 Å². The van der Waals surface area contributed by atoms with Gasteiger partial charge in [0.05, 0.1) is 6.54 Å². The van der Waals surface area contributed by atoms with Crippen LogP contribution in [0.2, 0.25) is 0 Å². The Morgan fingerprint density at radius 3 is 2.14 bits per heavy atom. The van der Waals surface area contributed by atoms with Gasteiger partial charge in [0.25, 0.3) is 5.91 Å². The maximum atomic E-state index is 9.88. The third-order valence-electron chi connectivity index (χ3n) is 0.460. The molecule has 0 saturated carbocycles. The van der Waals surface area contributed by atoms with Crippen molar-refractivity contribution in [2.24, 2.45) is 0 Å². The molecule has 1 N–H and O–H groups in total. The SMILES string of the molecule is CN(C)CC([NH])=O. The second kappa shape index (κ2) is 2.58. The van der Waals surface area contributed by atoms with Gasteiger partial charge in [-0.15, -0.1) is 0 Å². The molecule has 0 spiro atoms. The number of carbonyl (C=O) groups is 1. The third kappa shape index (κ3) is 5.43. The Hall–Kier alpha value is -0.570. The summed E-state index contributed by atoms with van der Waals surface area (Å²) in [5.74, 6) is -0.537. The van der Waals surface area contributed by atoms with Crippen LogP contribution in [-0.2, 0) is 4.79 Å². The van der Waals surface area contributed by atoms with E-state index in [0.29, 0.717) is 0 Å². The first-order valence-corrected chi connectivity index (χ1v) is 2.02. The monoisotopic (exact) mass is 101 g/mol. The fraction of sp³-hybridized carbons (Fsp3) is 0.750. The van der Waals surface area contributed by atoms with Crippen molar-refractivity contribution >= 4 is 5.91 Å². The van der Waals surface area contributed by atoms with Gasteiger partial charge in [-0.25, -0.2) is 0 Å². The molecule has 3 heteroatoms. The molecule has 0 aliphatic heterocycles. The molecule has 41 valence electrons. The first-order chi connectivity index (χ1) is 3.13. The van der Waals surface area contributed by atoms with Crippen molar-refractivity contribution in [1.82, 2.24) is 10.6 Å². The number of likely N-dealkylation sites (N-methyl/N-ethyl adjacent to an activating group) is 1. The molecule has 0 aromatic rings. The predicted molar refractivity (Wildman–Crippen MR) is 26.7 cm³/mol. The van der Waals surface area contributed by atoms with E-state index in [-0.39, 0.29) is 6.54 Å². The number of rotatable bonds is 2. The lowest BCUT2D eigenvalue weighted by Crippen LogP contribution is -2.21. The molecular formula is C4H9N2O. The highest BCUT2D eigenvalue weighted by Crippen LogP contribution is 1.68. The summed E-state index contributed by atoms with van der Waals surface area (Å²) in [4.78, 5) is 11.5. The van der Waals surface area contributed by atoms with Gasteiger partial charge in [-0.05, 0) is 14.1 Å². The number of amides is 1. The van der Waals surface area contributed by atoms with Gasteiger partial charge in [-0.3, -0.25) is 10.5 Å². The van der Waals surface area contributed by atoms with E-state index in [4.69, 9.17) is 5.73 Å². The lowest BCUT2D eigenvalue weighted by atomic mass is 10.6. The number of nitrogens with one attached hydrogen (secondary N) is 1. The van der Waals surface area contributed by atoms with E-state index in [2.05, 4.69) is 0 Å². The van der Waals surface area contributed by atoms with E-state index >= 15 is 0 Å². The standard InChI is InChI=1S/C4H9N2O/c1-6(2)3-4(5)7/h5H,3H2,1-2H3. The fourth-order valence-corrected chi connectivity index (χ4v) is 0.287. The first kappa shape index (κ1) is 6.43. The minimum Gasteiger partial charge on any atom is -0.301 e. The van der Waals surface area contributed by atoms with Crippen LogP contribution in [0.3, 0.4) is 0 Å². The molecule has 0 unspecified atom stereocenters. The quantitative estimate of drug-likeness (QED) is 0.464. The van der Waals surface area contributed by atoms with Gasteiger partial charge in [-0.2, -0.15) is 0 Å². The summed E-state index contributed by atoms with van der Waals surface area (Å²) >= 11 is 0. The summed E-state index contributed by atoms with van der Waals surface area (Å²) in [5.41, 5.74) is 6.43. The van der Waals surface area contributed by atoms with Crippen molar-refractivity contribution in [2.75, 3.05) is 20.6 Å². The topological polar surface area (TPSA) is 44.1 Å². The van der Waals surface area contributed by atoms with Crippen LogP contribution in [0.25, 0.3) is 0 Å². The number of hydrogen-bond donors (Lipinski definition) is 0. The Morgan fingerprint density at radius 1 is 1.71 bits per heavy atom. The van der Waals surface area contributed by atoms with Crippen LogP contribution >= 0.6 is 0 Å². The van der Waals surface area contributed by atoms with Gasteiger partial charge in [-0.1, -0.05) is 0 Å². The highest BCUT2D eigenvalue weighted by molar-refractivity contribution is 5.74.